The second-order valence-electron chi connectivity index (χ2n) is 5.82. The average molecular weight is 381 g/mol. The Balaban J connectivity index is 1.79. The van der Waals surface area contributed by atoms with Gasteiger partial charge in [-0.1, -0.05) is 83.9 Å². The minimum Gasteiger partial charge on any atom is -0.420 e. The first kappa shape index (κ1) is 16.8. The number of hydrogen-bond acceptors (Lipinski definition) is 3. The maximum absolute atomic E-state index is 6.27. The molecule has 4 rings (SSSR count). The summed E-state index contributed by atoms with van der Waals surface area (Å²) in [6, 6.07) is 25.4. The molecule has 0 N–H and O–H groups in total. The van der Waals surface area contributed by atoms with Gasteiger partial charge in [0.05, 0.1) is 16.5 Å². The van der Waals surface area contributed by atoms with Gasteiger partial charge in [-0.05, 0) is 29.3 Å². The van der Waals surface area contributed by atoms with E-state index in [2.05, 4.69) is 34.5 Å². The summed E-state index contributed by atoms with van der Waals surface area (Å²) in [7, 11) is 0. The molecular weight excluding hydrogens is 367 g/mol. The Labute approximate surface area is 161 Å². The van der Waals surface area contributed by atoms with Crippen molar-refractivity contribution in [3.8, 4) is 11.5 Å². The van der Waals surface area contributed by atoms with E-state index in [1.165, 1.54) is 0 Å². The molecule has 26 heavy (non-hydrogen) atoms. The minimum atomic E-state index is -0.148. The Kier molecular flexibility index (Phi) is 4.74. The first-order valence-electron chi connectivity index (χ1n) is 8.11. The van der Waals surface area contributed by atoms with Gasteiger partial charge in [0, 0.05) is 5.02 Å². The van der Waals surface area contributed by atoms with Gasteiger partial charge in [-0.15, -0.1) is 10.2 Å². The first-order valence-corrected chi connectivity index (χ1v) is 8.86. The molecular formula is C21H14Cl2N2O. The standard InChI is InChI=1S/C21H14Cl2N2O/c22-16-11-12-17(18(23)13-16)20-24-25-21(26-20)19(14-7-3-1-4-8-14)15-9-5-2-6-10-15/h1-13,19H. The third-order valence-corrected chi connectivity index (χ3v) is 4.66. The lowest BCUT2D eigenvalue weighted by molar-refractivity contribution is 0.499. The number of halogens is 2. The zero-order valence-electron chi connectivity index (χ0n) is 13.6. The fraction of sp³-hybridized carbons (Fsp3) is 0.0476. The van der Waals surface area contributed by atoms with E-state index in [1.807, 2.05) is 36.4 Å². The third-order valence-electron chi connectivity index (χ3n) is 4.11. The van der Waals surface area contributed by atoms with Crippen LogP contribution in [-0.4, -0.2) is 10.2 Å². The molecule has 0 atom stereocenters. The van der Waals surface area contributed by atoms with Gasteiger partial charge < -0.3 is 4.42 Å². The Hall–Kier alpha value is -2.62. The zero-order valence-corrected chi connectivity index (χ0v) is 15.2. The van der Waals surface area contributed by atoms with Gasteiger partial charge in [-0.25, -0.2) is 0 Å². The van der Waals surface area contributed by atoms with Crippen LogP contribution in [0, 0.1) is 0 Å². The van der Waals surface area contributed by atoms with E-state index in [9.17, 15) is 0 Å². The van der Waals surface area contributed by atoms with E-state index in [1.54, 1.807) is 18.2 Å². The maximum atomic E-state index is 6.27. The molecule has 3 aromatic carbocycles. The number of benzene rings is 3. The molecule has 0 radical (unpaired) electrons. The monoisotopic (exact) mass is 380 g/mol. The van der Waals surface area contributed by atoms with Crippen molar-refractivity contribution in [3.63, 3.8) is 0 Å². The van der Waals surface area contributed by atoms with Crippen LogP contribution < -0.4 is 0 Å². The Morgan fingerprint density at radius 3 is 1.92 bits per heavy atom. The van der Waals surface area contributed by atoms with E-state index < -0.39 is 0 Å². The summed E-state index contributed by atoms with van der Waals surface area (Å²) in [4.78, 5) is 0. The van der Waals surface area contributed by atoms with Gasteiger partial charge in [-0.2, -0.15) is 0 Å². The fourth-order valence-corrected chi connectivity index (χ4v) is 3.38. The first-order chi connectivity index (χ1) is 12.7. The molecule has 0 unspecified atom stereocenters. The molecule has 1 aromatic heterocycles. The van der Waals surface area contributed by atoms with Crippen molar-refractivity contribution in [3.05, 3.63) is 106 Å². The van der Waals surface area contributed by atoms with Crippen LogP contribution in [-0.2, 0) is 0 Å². The highest BCUT2D eigenvalue weighted by molar-refractivity contribution is 6.36. The summed E-state index contributed by atoms with van der Waals surface area (Å²) in [6.45, 7) is 0. The van der Waals surface area contributed by atoms with Crippen molar-refractivity contribution in [1.82, 2.24) is 10.2 Å². The van der Waals surface area contributed by atoms with Crippen LogP contribution in [0.4, 0.5) is 0 Å². The maximum Gasteiger partial charge on any atom is 0.249 e. The molecule has 0 fully saturated rings. The van der Waals surface area contributed by atoms with Crippen LogP contribution in [0.25, 0.3) is 11.5 Å². The van der Waals surface area contributed by atoms with Gasteiger partial charge in [0.25, 0.3) is 0 Å². The lowest BCUT2D eigenvalue weighted by Crippen LogP contribution is -2.03. The number of hydrogen-bond donors (Lipinski definition) is 0. The highest BCUT2D eigenvalue weighted by Gasteiger charge is 2.23. The summed E-state index contributed by atoms with van der Waals surface area (Å²) in [5.74, 6) is 0.742. The van der Waals surface area contributed by atoms with Crippen LogP contribution in [0.5, 0.6) is 0 Å². The molecule has 5 heteroatoms. The van der Waals surface area contributed by atoms with E-state index >= 15 is 0 Å². The van der Waals surface area contributed by atoms with Crippen LogP contribution in [0.1, 0.15) is 22.9 Å². The Bertz CT molecular complexity index is 977. The lowest BCUT2D eigenvalue weighted by atomic mass is 9.91. The molecule has 3 nitrogen and oxygen atoms in total. The van der Waals surface area contributed by atoms with Gasteiger partial charge in [-0.3, -0.25) is 0 Å². The van der Waals surface area contributed by atoms with Gasteiger partial charge in [0.15, 0.2) is 0 Å². The highest BCUT2D eigenvalue weighted by Crippen LogP contribution is 2.34. The van der Waals surface area contributed by atoms with E-state index in [4.69, 9.17) is 27.6 Å². The van der Waals surface area contributed by atoms with Crippen LogP contribution in [0.2, 0.25) is 10.0 Å². The molecule has 0 aliphatic rings. The molecule has 0 aliphatic carbocycles. The lowest BCUT2D eigenvalue weighted by Gasteiger charge is -2.14. The van der Waals surface area contributed by atoms with Gasteiger partial charge >= 0.3 is 0 Å². The molecule has 0 aliphatic heterocycles. The van der Waals surface area contributed by atoms with Crippen molar-refractivity contribution >= 4 is 23.2 Å². The van der Waals surface area contributed by atoms with Crippen LogP contribution in [0.15, 0.2) is 83.3 Å². The molecule has 0 bridgehead atoms. The quantitative estimate of drug-likeness (QED) is 0.421. The normalized spacial score (nSPS) is 11.0. The Morgan fingerprint density at radius 1 is 0.731 bits per heavy atom. The van der Waals surface area contributed by atoms with Crippen LogP contribution in [0.3, 0.4) is 0 Å². The van der Waals surface area contributed by atoms with Gasteiger partial charge in [0.2, 0.25) is 11.8 Å². The summed E-state index contributed by atoms with van der Waals surface area (Å²) < 4.78 is 6.01. The van der Waals surface area contributed by atoms with Crippen molar-refractivity contribution in [2.45, 2.75) is 5.92 Å². The summed E-state index contributed by atoms with van der Waals surface area (Å²) in [5, 5.41) is 9.54. The average Bonchev–Trinajstić information content (AvgIpc) is 3.13. The third kappa shape index (κ3) is 3.36. The van der Waals surface area contributed by atoms with Crippen molar-refractivity contribution < 1.29 is 4.42 Å². The molecule has 0 saturated carbocycles. The van der Waals surface area contributed by atoms with Crippen molar-refractivity contribution in [2.24, 2.45) is 0 Å². The molecule has 1 heterocycles. The summed E-state index contributed by atoms with van der Waals surface area (Å²) in [5.41, 5.74) is 2.82. The Morgan fingerprint density at radius 2 is 1.35 bits per heavy atom. The number of nitrogens with zero attached hydrogens (tertiary/aromatic N) is 2. The van der Waals surface area contributed by atoms with Crippen LogP contribution >= 0.6 is 23.2 Å². The van der Waals surface area contributed by atoms with E-state index in [-0.39, 0.29) is 5.92 Å². The zero-order chi connectivity index (χ0) is 17.9. The molecule has 0 saturated heterocycles. The fourth-order valence-electron chi connectivity index (χ4n) is 2.89. The summed E-state index contributed by atoms with van der Waals surface area (Å²) >= 11 is 12.2. The number of rotatable bonds is 4. The SMILES string of the molecule is Clc1ccc(-c2nnc(C(c3ccccc3)c3ccccc3)o2)c(Cl)c1. The topological polar surface area (TPSA) is 38.9 Å². The predicted octanol–water partition coefficient (Wildman–Crippen LogP) is 6.22. The highest BCUT2D eigenvalue weighted by atomic mass is 35.5. The predicted molar refractivity (Wildman–Crippen MR) is 104 cm³/mol. The molecule has 0 amide bonds. The van der Waals surface area contributed by atoms with E-state index in [0.29, 0.717) is 27.4 Å². The van der Waals surface area contributed by atoms with Crippen molar-refractivity contribution in [1.29, 1.82) is 0 Å². The molecule has 0 spiro atoms. The molecule has 128 valence electrons. The smallest absolute Gasteiger partial charge is 0.249 e. The minimum absolute atomic E-state index is 0.148. The number of aromatic nitrogens is 2. The largest absolute Gasteiger partial charge is 0.420 e. The summed E-state index contributed by atoms with van der Waals surface area (Å²) in [6.07, 6.45) is 0. The van der Waals surface area contributed by atoms with Crippen molar-refractivity contribution in [2.75, 3.05) is 0 Å². The van der Waals surface area contributed by atoms with E-state index in [0.717, 1.165) is 11.1 Å². The van der Waals surface area contributed by atoms with Gasteiger partial charge in [0.1, 0.15) is 0 Å². The second kappa shape index (κ2) is 7.32. The second-order valence-corrected chi connectivity index (χ2v) is 6.67. The molecule has 4 aromatic rings.